The van der Waals surface area contributed by atoms with Gasteiger partial charge < -0.3 is 9.47 Å². The minimum Gasteiger partial charge on any atom is -0.489 e. The first-order chi connectivity index (χ1) is 6.27. The van der Waals surface area contributed by atoms with Crippen molar-refractivity contribution in [2.45, 2.75) is 6.92 Å². The fraction of sp³-hybridized carbons (Fsp3) is 0.400. The number of fused-ring (bicyclic) bond motifs is 1. The maximum Gasteiger partial charge on any atom is 0.175 e. The van der Waals surface area contributed by atoms with Crippen molar-refractivity contribution in [3.8, 4) is 11.5 Å². The average molecular weight is 243 g/mol. The molecule has 0 saturated heterocycles. The molecule has 0 amide bonds. The van der Waals surface area contributed by atoms with Gasteiger partial charge in [0.2, 0.25) is 0 Å². The Kier molecular flexibility index (Phi) is 2.44. The molecule has 0 N–H and O–H groups in total. The maximum atomic E-state index is 5.62. The summed E-state index contributed by atoms with van der Waals surface area (Å²) in [5, 5.41) is 0. The summed E-state index contributed by atoms with van der Waals surface area (Å²) in [5.41, 5.74) is 0. The van der Waals surface area contributed by atoms with Crippen molar-refractivity contribution in [2.75, 3.05) is 13.2 Å². The number of ether oxygens (including phenoxy) is 2. The van der Waals surface area contributed by atoms with Crippen LogP contribution in [0.4, 0.5) is 0 Å². The second kappa shape index (κ2) is 3.58. The zero-order valence-corrected chi connectivity index (χ0v) is 9.00. The van der Waals surface area contributed by atoms with Gasteiger partial charge in [0.05, 0.1) is 17.7 Å². The van der Waals surface area contributed by atoms with E-state index in [0.29, 0.717) is 5.92 Å². The molecule has 2 rings (SSSR count). The summed E-state index contributed by atoms with van der Waals surface area (Å²) in [6.45, 7) is 3.55. The highest BCUT2D eigenvalue weighted by Gasteiger charge is 2.16. The van der Waals surface area contributed by atoms with Crippen LogP contribution in [0, 0.1) is 5.92 Å². The van der Waals surface area contributed by atoms with E-state index < -0.39 is 0 Å². The minimum atomic E-state index is 0.444. The molecule has 0 unspecified atom stereocenters. The Balaban J connectivity index is 2.35. The molecule has 1 aliphatic heterocycles. The van der Waals surface area contributed by atoms with E-state index in [1.54, 1.807) is 0 Å². The highest BCUT2D eigenvalue weighted by atomic mass is 79.9. The van der Waals surface area contributed by atoms with E-state index in [2.05, 4.69) is 22.9 Å². The van der Waals surface area contributed by atoms with Crippen LogP contribution < -0.4 is 9.47 Å². The van der Waals surface area contributed by atoms with Crippen LogP contribution in [0.15, 0.2) is 22.7 Å². The molecule has 70 valence electrons. The number of hydrogen-bond donors (Lipinski definition) is 0. The van der Waals surface area contributed by atoms with Gasteiger partial charge in [0.1, 0.15) is 0 Å². The lowest BCUT2D eigenvalue weighted by atomic mass is 10.2. The summed E-state index contributed by atoms with van der Waals surface area (Å²) in [6, 6.07) is 5.83. The molecule has 0 fully saturated rings. The zero-order valence-electron chi connectivity index (χ0n) is 7.42. The second-order valence-electron chi connectivity index (χ2n) is 3.29. The van der Waals surface area contributed by atoms with Crippen LogP contribution in [0.1, 0.15) is 6.92 Å². The number of halogens is 1. The number of para-hydroxylation sites is 1. The highest BCUT2D eigenvalue weighted by molar-refractivity contribution is 9.10. The summed E-state index contributed by atoms with van der Waals surface area (Å²) in [5.74, 6) is 2.10. The molecule has 13 heavy (non-hydrogen) atoms. The van der Waals surface area contributed by atoms with Gasteiger partial charge in [0, 0.05) is 5.92 Å². The monoisotopic (exact) mass is 242 g/mol. The van der Waals surface area contributed by atoms with Crippen LogP contribution in [0.5, 0.6) is 11.5 Å². The van der Waals surface area contributed by atoms with E-state index in [1.807, 2.05) is 18.2 Å². The molecule has 0 aromatic heterocycles. The van der Waals surface area contributed by atoms with Crippen LogP contribution in [-0.4, -0.2) is 13.2 Å². The van der Waals surface area contributed by atoms with Gasteiger partial charge in [0.15, 0.2) is 11.5 Å². The van der Waals surface area contributed by atoms with E-state index in [4.69, 9.17) is 9.47 Å². The summed E-state index contributed by atoms with van der Waals surface area (Å²) in [7, 11) is 0. The molecule has 0 saturated carbocycles. The lowest BCUT2D eigenvalue weighted by molar-refractivity contribution is 0.228. The SMILES string of the molecule is C[C@@H]1COc2cccc(Br)c2OC1. The van der Waals surface area contributed by atoms with Crippen LogP contribution in [-0.2, 0) is 0 Å². The van der Waals surface area contributed by atoms with Crippen molar-refractivity contribution in [1.29, 1.82) is 0 Å². The Morgan fingerprint density at radius 1 is 1.31 bits per heavy atom. The summed E-state index contributed by atoms with van der Waals surface area (Å²) in [6.07, 6.45) is 0. The van der Waals surface area contributed by atoms with E-state index in [-0.39, 0.29) is 0 Å². The Bertz CT molecular complexity index is 312. The van der Waals surface area contributed by atoms with Gasteiger partial charge in [-0.3, -0.25) is 0 Å². The predicted molar refractivity (Wildman–Crippen MR) is 54.3 cm³/mol. The molecule has 1 aromatic carbocycles. The Morgan fingerprint density at radius 3 is 2.92 bits per heavy atom. The van der Waals surface area contributed by atoms with Gasteiger partial charge in [0.25, 0.3) is 0 Å². The molecular weight excluding hydrogens is 232 g/mol. The molecule has 0 spiro atoms. The first kappa shape index (κ1) is 8.88. The van der Waals surface area contributed by atoms with Crippen LogP contribution in [0.3, 0.4) is 0 Å². The van der Waals surface area contributed by atoms with E-state index in [9.17, 15) is 0 Å². The molecule has 3 heteroatoms. The molecule has 0 aliphatic carbocycles. The van der Waals surface area contributed by atoms with Crippen LogP contribution in [0.25, 0.3) is 0 Å². The molecular formula is C10H11BrO2. The maximum absolute atomic E-state index is 5.62. The number of benzene rings is 1. The third kappa shape index (κ3) is 1.80. The zero-order chi connectivity index (χ0) is 9.26. The first-order valence-electron chi connectivity index (χ1n) is 4.31. The average Bonchev–Trinajstić information content (AvgIpc) is 2.30. The quantitative estimate of drug-likeness (QED) is 0.697. The molecule has 1 atom stereocenters. The highest BCUT2D eigenvalue weighted by Crippen LogP contribution is 2.36. The standard InChI is InChI=1S/C10H11BrO2/c1-7-5-12-9-4-2-3-8(11)10(9)13-6-7/h2-4,7H,5-6H2,1H3/t7-/m1/s1. The number of hydrogen-bond acceptors (Lipinski definition) is 2. The third-order valence-corrected chi connectivity index (χ3v) is 2.59. The number of rotatable bonds is 0. The summed E-state index contributed by atoms with van der Waals surface area (Å²) in [4.78, 5) is 0. The van der Waals surface area contributed by atoms with E-state index in [0.717, 1.165) is 29.2 Å². The van der Waals surface area contributed by atoms with Gasteiger partial charge in [-0.25, -0.2) is 0 Å². The van der Waals surface area contributed by atoms with Gasteiger partial charge in [-0.15, -0.1) is 0 Å². The van der Waals surface area contributed by atoms with E-state index >= 15 is 0 Å². The molecule has 1 heterocycles. The lowest BCUT2D eigenvalue weighted by Crippen LogP contribution is -2.12. The van der Waals surface area contributed by atoms with Crippen molar-refractivity contribution >= 4 is 15.9 Å². The molecule has 0 bridgehead atoms. The fourth-order valence-corrected chi connectivity index (χ4v) is 1.71. The van der Waals surface area contributed by atoms with Crippen molar-refractivity contribution in [1.82, 2.24) is 0 Å². The van der Waals surface area contributed by atoms with Crippen LogP contribution >= 0.6 is 15.9 Å². The Labute approximate surface area is 86.0 Å². The predicted octanol–water partition coefficient (Wildman–Crippen LogP) is 2.86. The largest absolute Gasteiger partial charge is 0.489 e. The Morgan fingerprint density at radius 2 is 2.08 bits per heavy atom. The van der Waals surface area contributed by atoms with Gasteiger partial charge in [-0.05, 0) is 28.1 Å². The molecule has 2 nitrogen and oxygen atoms in total. The third-order valence-electron chi connectivity index (χ3n) is 1.97. The van der Waals surface area contributed by atoms with Crippen molar-refractivity contribution < 1.29 is 9.47 Å². The molecule has 1 aliphatic rings. The summed E-state index contributed by atoms with van der Waals surface area (Å²) < 4.78 is 12.2. The van der Waals surface area contributed by atoms with Gasteiger partial charge in [-0.2, -0.15) is 0 Å². The Hall–Kier alpha value is -0.700. The first-order valence-corrected chi connectivity index (χ1v) is 5.11. The molecule has 0 radical (unpaired) electrons. The molecule has 1 aromatic rings. The fourth-order valence-electron chi connectivity index (χ4n) is 1.25. The topological polar surface area (TPSA) is 18.5 Å². The van der Waals surface area contributed by atoms with Crippen LogP contribution in [0.2, 0.25) is 0 Å². The minimum absolute atomic E-state index is 0.444. The summed E-state index contributed by atoms with van der Waals surface area (Å²) >= 11 is 3.43. The smallest absolute Gasteiger partial charge is 0.175 e. The van der Waals surface area contributed by atoms with Gasteiger partial charge in [-0.1, -0.05) is 13.0 Å². The van der Waals surface area contributed by atoms with Crippen molar-refractivity contribution in [2.24, 2.45) is 5.92 Å². The van der Waals surface area contributed by atoms with E-state index in [1.165, 1.54) is 0 Å². The van der Waals surface area contributed by atoms with Crippen molar-refractivity contribution in [3.63, 3.8) is 0 Å². The normalized spacial score (nSPS) is 20.9. The van der Waals surface area contributed by atoms with Gasteiger partial charge >= 0.3 is 0 Å². The van der Waals surface area contributed by atoms with Crippen molar-refractivity contribution in [3.05, 3.63) is 22.7 Å². The lowest BCUT2D eigenvalue weighted by Gasteiger charge is -2.07. The second-order valence-corrected chi connectivity index (χ2v) is 4.15.